The number of thiophene rings is 1. The third kappa shape index (κ3) is 5.50. The highest BCUT2D eigenvalue weighted by Gasteiger charge is 2.43. The number of hydrogen-bond donors (Lipinski definition) is 0. The van der Waals surface area contributed by atoms with Crippen molar-refractivity contribution in [3.63, 3.8) is 0 Å². The maximum absolute atomic E-state index is 16.2. The molecule has 1 aromatic heterocycles. The molecular weight excluding hydrogens is 778 g/mol. The largest absolute Gasteiger partial charge is 0.310 e. The minimum Gasteiger partial charge on any atom is -0.310 e. The van der Waals surface area contributed by atoms with Crippen molar-refractivity contribution in [1.29, 1.82) is 0 Å². The van der Waals surface area contributed by atoms with E-state index in [2.05, 4.69) is 168 Å². The Labute approximate surface area is 363 Å². The second kappa shape index (κ2) is 13.5. The van der Waals surface area contributed by atoms with Crippen molar-refractivity contribution < 1.29 is 4.57 Å². The molecule has 0 N–H and O–H groups in total. The Morgan fingerprint density at radius 3 is 1.56 bits per heavy atom. The fraction of sp³-hybridized carbons (Fsp3) is 0.158. The summed E-state index contributed by atoms with van der Waals surface area (Å²) in [4.78, 5) is 2.48. The van der Waals surface area contributed by atoms with Gasteiger partial charge in [-0.2, -0.15) is 0 Å². The molecule has 8 aromatic carbocycles. The molecule has 1 aliphatic carbocycles. The van der Waals surface area contributed by atoms with Gasteiger partial charge in [0.25, 0.3) is 0 Å². The number of nitrogens with zero attached hydrogens (tertiary/aromatic N) is 1. The van der Waals surface area contributed by atoms with E-state index in [0.29, 0.717) is 0 Å². The van der Waals surface area contributed by atoms with E-state index in [-0.39, 0.29) is 16.2 Å². The summed E-state index contributed by atoms with van der Waals surface area (Å²) >= 11 is 1.75. The molecule has 2 heterocycles. The third-order valence-corrected chi connectivity index (χ3v) is 18.4. The van der Waals surface area contributed by atoms with Crippen LogP contribution in [-0.4, -0.2) is 0 Å². The Balaban J connectivity index is 1.09. The molecule has 61 heavy (non-hydrogen) atoms. The highest BCUT2D eigenvalue weighted by atomic mass is 32.1. The minimum absolute atomic E-state index is 0.113. The molecule has 1 aliphatic heterocycles. The molecule has 0 atom stereocenters. The number of anilines is 3. The highest BCUT2D eigenvalue weighted by molar-refractivity contribution is 7.86. The lowest BCUT2D eigenvalue weighted by Gasteiger charge is -2.46. The molecule has 0 saturated carbocycles. The standard InChI is InChI=1S/C57H48NOPS/c1-55(2)45-32-30-39(58-50-26-16-14-24-46(50)57(5,6)47-25-15-17-27-51(47)58)36-49(45)56(3,4)44-31-29-37(34-48(44)55)38-33-43-42-23-13-18-28-53(42)61-54(43)52(35-38)60(59,40-19-9-7-10-20-40)41-21-11-8-12-22-41/h7-36H,1-6H3. The summed E-state index contributed by atoms with van der Waals surface area (Å²) in [6.45, 7) is 14.2. The Bertz CT molecular complexity index is 3170. The van der Waals surface area contributed by atoms with E-state index >= 15 is 4.57 Å². The fourth-order valence-corrected chi connectivity index (χ4v) is 15.1. The Morgan fingerprint density at radius 2 is 0.934 bits per heavy atom. The summed E-state index contributed by atoms with van der Waals surface area (Å²) in [6, 6.07) is 65.5. The smallest absolute Gasteiger partial charge is 0.172 e. The molecule has 0 radical (unpaired) electrons. The lowest BCUT2D eigenvalue weighted by Crippen LogP contribution is -2.37. The van der Waals surface area contributed by atoms with E-state index in [1.807, 2.05) is 60.7 Å². The predicted octanol–water partition coefficient (Wildman–Crippen LogP) is 14.4. The summed E-state index contributed by atoms with van der Waals surface area (Å²) in [5.74, 6) is 0. The molecule has 0 amide bonds. The third-order valence-electron chi connectivity index (χ3n) is 14.0. The lowest BCUT2D eigenvalue weighted by atomic mass is 9.59. The van der Waals surface area contributed by atoms with E-state index in [0.717, 1.165) is 37.1 Å². The zero-order valence-corrected chi connectivity index (χ0v) is 37.2. The molecule has 9 aromatic rings. The second-order valence-corrected chi connectivity index (χ2v) is 22.3. The molecule has 2 aliphatic rings. The zero-order chi connectivity index (χ0) is 41.9. The van der Waals surface area contributed by atoms with E-state index in [1.165, 1.54) is 60.5 Å². The van der Waals surface area contributed by atoms with Crippen molar-refractivity contribution in [3.05, 3.63) is 215 Å². The van der Waals surface area contributed by atoms with Crippen molar-refractivity contribution in [1.82, 2.24) is 0 Å². The molecular formula is C57H48NOPS. The van der Waals surface area contributed by atoms with Crippen LogP contribution in [0.5, 0.6) is 0 Å². The van der Waals surface area contributed by atoms with Crippen LogP contribution in [0.1, 0.15) is 74.9 Å². The van der Waals surface area contributed by atoms with Crippen LogP contribution >= 0.6 is 18.5 Å². The molecule has 11 rings (SSSR count). The Hall–Kier alpha value is -5.99. The number of rotatable bonds is 5. The summed E-state index contributed by atoms with van der Waals surface area (Å²) in [5, 5.41) is 4.95. The Morgan fingerprint density at radius 1 is 0.426 bits per heavy atom. The van der Waals surface area contributed by atoms with Gasteiger partial charge in [0.15, 0.2) is 7.14 Å². The van der Waals surface area contributed by atoms with Gasteiger partial charge in [0.05, 0.1) is 11.4 Å². The van der Waals surface area contributed by atoms with Crippen molar-refractivity contribution in [2.75, 3.05) is 4.90 Å². The van der Waals surface area contributed by atoms with Crippen LogP contribution < -0.4 is 20.8 Å². The monoisotopic (exact) mass is 825 g/mol. The molecule has 298 valence electrons. The van der Waals surface area contributed by atoms with Crippen LogP contribution in [0, 0.1) is 0 Å². The van der Waals surface area contributed by atoms with Crippen LogP contribution in [0.15, 0.2) is 182 Å². The van der Waals surface area contributed by atoms with Gasteiger partial charge >= 0.3 is 0 Å². The molecule has 0 bridgehead atoms. The zero-order valence-electron chi connectivity index (χ0n) is 35.5. The molecule has 0 saturated heterocycles. The number of fused-ring (bicyclic) bond motifs is 7. The first-order valence-electron chi connectivity index (χ1n) is 21.4. The lowest BCUT2D eigenvalue weighted by molar-refractivity contribution is 0.521. The number of para-hydroxylation sites is 2. The quantitative estimate of drug-likeness (QED) is 0.161. The van der Waals surface area contributed by atoms with Gasteiger partial charge in [0.2, 0.25) is 0 Å². The van der Waals surface area contributed by atoms with Crippen molar-refractivity contribution in [2.24, 2.45) is 0 Å². The average Bonchev–Trinajstić information content (AvgIpc) is 3.67. The topological polar surface area (TPSA) is 20.3 Å². The van der Waals surface area contributed by atoms with Gasteiger partial charge in [-0.15, -0.1) is 11.3 Å². The first kappa shape index (κ1) is 38.0. The van der Waals surface area contributed by atoms with Gasteiger partial charge in [0, 0.05) is 58.0 Å². The summed E-state index contributed by atoms with van der Waals surface area (Å²) < 4.78 is 18.5. The van der Waals surface area contributed by atoms with Gasteiger partial charge in [-0.1, -0.05) is 175 Å². The summed E-state index contributed by atoms with van der Waals surface area (Å²) in [7, 11) is -3.30. The van der Waals surface area contributed by atoms with Gasteiger partial charge < -0.3 is 9.46 Å². The van der Waals surface area contributed by atoms with Crippen molar-refractivity contribution in [3.8, 4) is 11.1 Å². The predicted molar refractivity (Wildman–Crippen MR) is 262 cm³/mol. The van der Waals surface area contributed by atoms with Gasteiger partial charge in [0.1, 0.15) is 0 Å². The maximum Gasteiger partial charge on any atom is 0.172 e. The van der Waals surface area contributed by atoms with Crippen LogP contribution in [-0.2, 0) is 20.8 Å². The number of benzene rings is 8. The first-order valence-corrected chi connectivity index (χ1v) is 23.9. The SMILES string of the molecule is CC1(C)c2ccccc2N(c2ccc3c(c2)C(C)(C)c2ccc(-c4cc(P(=O)(c5ccccc5)c5ccccc5)c5sc6ccccc6c5c4)cc2C3(C)C)c2ccccc21. The van der Waals surface area contributed by atoms with Gasteiger partial charge in [-0.25, -0.2) is 0 Å². The molecule has 0 fully saturated rings. The maximum atomic E-state index is 16.2. The minimum atomic E-state index is -3.30. The van der Waals surface area contributed by atoms with E-state index in [4.69, 9.17) is 0 Å². The van der Waals surface area contributed by atoms with Crippen LogP contribution in [0.2, 0.25) is 0 Å². The van der Waals surface area contributed by atoms with Crippen LogP contribution in [0.25, 0.3) is 31.3 Å². The Kier molecular flexibility index (Phi) is 8.41. The summed E-state index contributed by atoms with van der Waals surface area (Å²) in [5.41, 5.74) is 13.3. The molecule has 0 spiro atoms. The van der Waals surface area contributed by atoms with E-state index in [9.17, 15) is 0 Å². The van der Waals surface area contributed by atoms with Crippen LogP contribution in [0.3, 0.4) is 0 Å². The van der Waals surface area contributed by atoms with Gasteiger partial charge in [-0.3, -0.25) is 0 Å². The highest BCUT2D eigenvalue weighted by Crippen LogP contribution is 2.56. The van der Waals surface area contributed by atoms with E-state index < -0.39 is 7.14 Å². The molecule has 2 nitrogen and oxygen atoms in total. The van der Waals surface area contributed by atoms with Crippen molar-refractivity contribution >= 4 is 71.6 Å². The van der Waals surface area contributed by atoms with E-state index in [1.54, 1.807) is 11.3 Å². The summed E-state index contributed by atoms with van der Waals surface area (Å²) in [6.07, 6.45) is 0. The normalized spacial score (nSPS) is 15.8. The fourth-order valence-electron chi connectivity index (χ4n) is 10.7. The van der Waals surface area contributed by atoms with Crippen LogP contribution in [0.4, 0.5) is 17.1 Å². The first-order chi connectivity index (χ1) is 29.4. The van der Waals surface area contributed by atoms with Gasteiger partial charge in [-0.05, 0) is 93.0 Å². The average molecular weight is 826 g/mol. The second-order valence-electron chi connectivity index (χ2n) is 18.5. The molecule has 4 heteroatoms. The van der Waals surface area contributed by atoms with Crippen molar-refractivity contribution in [2.45, 2.75) is 57.8 Å². The number of hydrogen-bond acceptors (Lipinski definition) is 3. The molecule has 0 unspecified atom stereocenters.